The number of hydrogen-bond donors (Lipinski definition) is 2. The first-order valence-corrected chi connectivity index (χ1v) is 10.6. The van der Waals surface area contributed by atoms with Crippen LogP contribution in [-0.2, 0) is 21.4 Å². The minimum atomic E-state index is -4.06. The summed E-state index contributed by atoms with van der Waals surface area (Å²) < 4.78 is 47.6. The van der Waals surface area contributed by atoms with Gasteiger partial charge in [0.15, 0.2) is 6.61 Å². The third-order valence-corrected chi connectivity index (χ3v) is 6.05. The molecule has 7 nitrogen and oxygen atoms in total. The second-order valence-corrected chi connectivity index (χ2v) is 8.30. The Labute approximate surface area is 174 Å². The van der Waals surface area contributed by atoms with Gasteiger partial charge >= 0.3 is 0 Å². The predicted octanol–water partition coefficient (Wildman–Crippen LogP) is 2.38. The molecule has 0 radical (unpaired) electrons. The molecule has 0 saturated heterocycles. The SMILES string of the molecule is CNCc1cc(-c2ccccc2F)n(S(=O)(=O)c2cccc(OCC(=O)NC)c2)c1. The van der Waals surface area contributed by atoms with E-state index >= 15 is 0 Å². The van der Waals surface area contributed by atoms with Crippen LogP contribution in [0.15, 0.2) is 65.7 Å². The van der Waals surface area contributed by atoms with Gasteiger partial charge in [0.1, 0.15) is 11.6 Å². The molecular formula is C21H22FN3O4S. The zero-order valence-electron chi connectivity index (χ0n) is 16.6. The third kappa shape index (κ3) is 4.52. The van der Waals surface area contributed by atoms with Crippen molar-refractivity contribution < 1.29 is 22.3 Å². The molecule has 2 aromatic carbocycles. The van der Waals surface area contributed by atoms with Crippen molar-refractivity contribution in [3.63, 3.8) is 0 Å². The average Bonchev–Trinajstić information content (AvgIpc) is 3.17. The zero-order valence-corrected chi connectivity index (χ0v) is 17.4. The topological polar surface area (TPSA) is 89.4 Å². The molecule has 0 aliphatic rings. The van der Waals surface area contributed by atoms with E-state index in [1.807, 2.05) is 0 Å². The van der Waals surface area contributed by atoms with E-state index in [0.29, 0.717) is 12.1 Å². The third-order valence-electron chi connectivity index (χ3n) is 4.38. The number of rotatable bonds is 8. The standard InChI is InChI=1S/C21H22FN3O4S/c1-23-12-15-10-20(18-8-3-4-9-19(18)22)25(13-15)30(27,28)17-7-5-6-16(11-17)29-14-21(26)24-2/h3-11,13,23H,12,14H2,1-2H3,(H,24,26). The van der Waals surface area contributed by atoms with Crippen LogP contribution in [0.4, 0.5) is 4.39 Å². The van der Waals surface area contributed by atoms with E-state index in [1.54, 1.807) is 31.3 Å². The van der Waals surface area contributed by atoms with Gasteiger partial charge in [-0.15, -0.1) is 0 Å². The normalized spacial score (nSPS) is 11.3. The summed E-state index contributed by atoms with van der Waals surface area (Å²) in [5, 5.41) is 5.39. The van der Waals surface area contributed by atoms with Gasteiger partial charge in [0.25, 0.3) is 15.9 Å². The fourth-order valence-electron chi connectivity index (χ4n) is 2.92. The lowest BCUT2D eigenvalue weighted by Gasteiger charge is -2.12. The van der Waals surface area contributed by atoms with Crippen LogP contribution in [0.1, 0.15) is 5.56 Å². The number of halogens is 1. The monoisotopic (exact) mass is 431 g/mol. The molecule has 0 fully saturated rings. The largest absolute Gasteiger partial charge is 0.484 e. The molecule has 0 aliphatic heterocycles. The van der Waals surface area contributed by atoms with E-state index in [0.717, 1.165) is 3.97 Å². The lowest BCUT2D eigenvalue weighted by Crippen LogP contribution is -2.24. The van der Waals surface area contributed by atoms with Gasteiger partial charge in [0.05, 0.1) is 10.6 Å². The summed E-state index contributed by atoms with van der Waals surface area (Å²) >= 11 is 0. The van der Waals surface area contributed by atoms with Crippen molar-refractivity contribution in [3.8, 4) is 17.0 Å². The highest BCUT2D eigenvalue weighted by molar-refractivity contribution is 7.90. The Balaban J connectivity index is 2.06. The van der Waals surface area contributed by atoms with E-state index in [1.165, 1.54) is 43.6 Å². The van der Waals surface area contributed by atoms with Crippen LogP contribution >= 0.6 is 0 Å². The number of carbonyl (C=O) groups is 1. The quantitative estimate of drug-likeness (QED) is 0.572. The molecule has 1 amide bonds. The van der Waals surface area contributed by atoms with E-state index < -0.39 is 15.8 Å². The first-order chi connectivity index (χ1) is 14.4. The van der Waals surface area contributed by atoms with Gasteiger partial charge in [-0.05, 0) is 42.9 Å². The smallest absolute Gasteiger partial charge is 0.268 e. The summed E-state index contributed by atoms with van der Waals surface area (Å²) in [6.07, 6.45) is 1.46. The van der Waals surface area contributed by atoms with Crippen LogP contribution in [-0.4, -0.2) is 39.0 Å². The molecule has 3 aromatic rings. The molecule has 2 N–H and O–H groups in total. The zero-order chi connectivity index (χ0) is 21.7. The maximum atomic E-state index is 14.4. The molecule has 9 heteroatoms. The second kappa shape index (κ2) is 9.10. The van der Waals surface area contributed by atoms with E-state index in [-0.39, 0.29) is 34.4 Å². The number of benzene rings is 2. The maximum Gasteiger partial charge on any atom is 0.268 e. The Morgan fingerprint density at radius 1 is 1.10 bits per heavy atom. The highest BCUT2D eigenvalue weighted by Gasteiger charge is 2.23. The van der Waals surface area contributed by atoms with Crippen molar-refractivity contribution in [2.24, 2.45) is 0 Å². The summed E-state index contributed by atoms with van der Waals surface area (Å²) in [7, 11) is -0.841. The average molecular weight is 431 g/mol. The van der Waals surface area contributed by atoms with Crippen molar-refractivity contribution in [2.75, 3.05) is 20.7 Å². The number of hydrogen-bond acceptors (Lipinski definition) is 5. The molecule has 0 atom stereocenters. The number of nitrogens with one attached hydrogen (secondary N) is 2. The first kappa shape index (κ1) is 21.5. The second-order valence-electron chi connectivity index (χ2n) is 6.48. The van der Waals surface area contributed by atoms with Gasteiger partial charge in [-0.25, -0.2) is 16.8 Å². The van der Waals surface area contributed by atoms with Gasteiger partial charge in [-0.1, -0.05) is 18.2 Å². The van der Waals surface area contributed by atoms with Crippen LogP contribution in [0.25, 0.3) is 11.3 Å². The Hall–Kier alpha value is -3.17. The molecule has 1 heterocycles. The summed E-state index contributed by atoms with van der Waals surface area (Å²) in [5.74, 6) is -0.632. The molecular weight excluding hydrogens is 409 g/mol. The predicted molar refractivity (Wildman–Crippen MR) is 111 cm³/mol. The summed E-state index contributed by atoms with van der Waals surface area (Å²) in [5.41, 5.74) is 1.08. The van der Waals surface area contributed by atoms with Crippen LogP contribution in [0.3, 0.4) is 0 Å². The molecule has 1 aromatic heterocycles. The highest BCUT2D eigenvalue weighted by atomic mass is 32.2. The fraction of sp³-hybridized carbons (Fsp3) is 0.190. The fourth-order valence-corrected chi connectivity index (χ4v) is 4.35. The molecule has 0 unspecified atom stereocenters. The molecule has 0 saturated carbocycles. The number of ether oxygens (including phenoxy) is 1. The van der Waals surface area contributed by atoms with Gasteiger partial charge in [-0.2, -0.15) is 0 Å². The lowest BCUT2D eigenvalue weighted by atomic mass is 10.1. The Morgan fingerprint density at radius 3 is 2.57 bits per heavy atom. The number of aromatic nitrogens is 1. The van der Waals surface area contributed by atoms with Crippen LogP contribution < -0.4 is 15.4 Å². The Kier molecular flexibility index (Phi) is 6.53. The van der Waals surface area contributed by atoms with Gasteiger partial charge in [0, 0.05) is 31.4 Å². The molecule has 30 heavy (non-hydrogen) atoms. The lowest BCUT2D eigenvalue weighted by molar-refractivity contribution is -0.122. The van der Waals surface area contributed by atoms with E-state index in [9.17, 15) is 17.6 Å². The van der Waals surface area contributed by atoms with Crippen LogP contribution in [0.2, 0.25) is 0 Å². The van der Waals surface area contributed by atoms with E-state index in [4.69, 9.17) is 4.74 Å². The molecule has 0 bridgehead atoms. The van der Waals surface area contributed by atoms with E-state index in [2.05, 4.69) is 10.6 Å². The minimum Gasteiger partial charge on any atom is -0.484 e. The van der Waals surface area contributed by atoms with Gasteiger partial charge in [-0.3, -0.25) is 4.79 Å². The first-order valence-electron chi connectivity index (χ1n) is 9.16. The Bertz CT molecular complexity index is 1160. The van der Waals surface area contributed by atoms with Crippen molar-refractivity contribution in [3.05, 3.63) is 72.2 Å². The number of carbonyl (C=O) groups excluding carboxylic acids is 1. The molecule has 0 aliphatic carbocycles. The van der Waals surface area contributed by atoms with Crippen molar-refractivity contribution >= 4 is 15.9 Å². The number of nitrogens with zero attached hydrogens (tertiary/aromatic N) is 1. The summed E-state index contributed by atoms with van der Waals surface area (Å²) in [4.78, 5) is 11.3. The van der Waals surface area contributed by atoms with Gasteiger partial charge in [0.2, 0.25) is 0 Å². The molecule has 158 valence electrons. The molecule has 3 rings (SSSR count). The molecule has 0 spiro atoms. The Morgan fingerprint density at radius 2 is 1.87 bits per heavy atom. The highest BCUT2D eigenvalue weighted by Crippen LogP contribution is 2.30. The minimum absolute atomic E-state index is 0.0406. The summed E-state index contributed by atoms with van der Waals surface area (Å²) in [6, 6.07) is 13.5. The maximum absolute atomic E-state index is 14.4. The number of amides is 1. The summed E-state index contributed by atoms with van der Waals surface area (Å²) in [6.45, 7) is 0.176. The number of likely N-dealkylation sites (N-methyl/N-ethyl adjacent to an activating group) is 1. The van der Waals surface area contributed by atoms with Gasteiger partial charge < -0.3 is 15.4 Å². The van der Waals surface area contributed by atoms with Crippen molar-refractivity contribution in [1.29, 1.82) is 0 Å². The van der Waals surface area contributed by atoms with Crippen molar-refractivity contribution in [1.82, 2.24) is 14.6 Å². The van der Waals surface area contributed by atoms with Crippen LogP contribution in [0, 0.1) is 5.82 Å². The van der Waals surface area contributed by atoms with Crippen LogP contribution in [0.5, 0.6) is 5.75 Å². The van der Waals surface area contributed by atoms with Crippen molar-refractivity contribution in [2.45, 2.75) is 11.4 Å².